The number of benzene rings is 1. The molecule has 0 atom stereocenters. The van der Waals surface area contributed by atoms with Gasteiger partial charge >= 0.3 is 0 Å². The van der Waals surface area contributed by atoms with Crippen LogP contribution in [0.2, 0.25) is 0 Å². The average molecular weight is 245 g/mol. The Bertz CT molecular complexity index is 546. The van der Waals surface area contributed by atoms with Gasteiger partial charge in [0.05, 0.1) is 0 Å². The smallest absolute Gasteiger partial charge is 0.119 e. The van der Waals surface area contributed by atoms with E-state index in [0.717, 1.165) is 24.9 Å². The Balaban J connectivity index is 2.51. The molecule has 1 aromatic carbocycles. The van der Waals surface area contributed by atoms with E-state index in [1.807, 2.05) is 12.1 Å². The van der Waals surface area contributed by atoms with Crippen LogP contribution in [0.3, 0.4) is 0 Å². The highest BCUT2D eigenvalue weighted by Gasteiger charge is 2.14. The van der Waals surface area contributed by atoms with Crippen molar-refractivity contribution in [2.75, 3.05) is 0 Å². The van der Waals surface area contributed by atoms with Crippen molar-refractivity contribution < 1.29 is 5.11 Å². The lowest BCUT2D eigenvalue weighted by Gasteiger charge is -2.20. The molecule has 0 saturated carbocycles. The van der Waals surface area contributed by atoms with Crippen LogP contribution in [0.15, 0.2) is 24.4 Å². The van der Waals surface area contributed by atoms with Crippen LogP contribution >= 0.6 is 0 Å². The molecule has 0 saturated heterocycles. The lowest BCUT2D eigenvalue weighted by atomic mass is 9.97. The zero-order chi connectivity index (χ0) is 13.3. The molecule has 0 bridgehead atoms. The number of phenols is 1. The summed E-state index contributed by atoms with van der Waals surface area (Å²) in [4.78, 5) is 0. The summed E-state index contributed by atoms with van der Waals surface area (Å²) in [5, 5.41) is 11.2. The fraction of sp³-hybridized carbons (Fsp3) is 0.500. The topological polar surface area (TPSA) is 25.2 Å². The van der Waals surface area contributed by atoms with Crippen molar-refractivity contribution in [1.82, 2.24) is 4.57 Å². The first-order valence-corrected chi connectivity index (χ1v) is 6.72. The number of aryl methyl sites for hydroxylation is 1. The van der Waals surface area contributed by atoms with Crippen molar-refractivity contribution in [2.24, 2.45) is 5.41 Å². The monoisotopic (exact) mass is 245 g/mol. The maximum absolute atomic E-state index is 9.97. The highest BCUT2D eigenvalue weighted by atomic mass is 16.3. The Hall–Kier alpha value is -1.44. The number of fused-ring (bicyclic) bond motifs is 1. The summed E-state index contributed by atoms with van der Waals surface area (Å²) in [7, 11) is 0. The summed E-state index contributed by atoms with van der Waals surface area (Å²) >= 11 is 0. The molecule has 2 nitrogen and oxygen atoms in total. The fourth-order valence-electron chi connectivity index (χ4n) is 2.48. The molecule has 0 amide bonds. The van der Waals surface area contributed by atoms with Gasteiger partial charge in [0.2, 0.25) is 0 Å². The van der Waals surface area contributed by atoms with E-state index < -0.39 is 0 Å². The van der Waals surface area contributed by atoms with Crippen molar-refractivity contribution in [2.45, 2.75) is 47.1 Å². The number of aromatic nitrogens is 1. The van der Waals surface area contributed by atoms with Gasteiger partial charge in [-0.05, 0) is 30.0 Å². The number of aromatic hydroxyl groups is 1. The molecule has 2 rings (SSSR count). The Morgan fingerprint density at radius 3 is 2.50 bits per heavy atom. The van der Waals surface area contributed by atoms with Gasteiger partial charge < -0.3 is 9.67 Å². The van der Waals surface area contributed by atoms with Crippen LogP contribution in [0, 0.1) is 5.41 Å². The molecule has 1 aromatic heterocycles. The largest absolute Gasteiger partial charge is 0.508 e. The van der Waals surface area contributed by atoms with Gasteiger partial charge in [-0.2, -0.15) is 0 Å². The second-order valence-electron chi connectivity index (χ2n) is 6.25. The number of nitrogens with zero attached hydrogens (tertiary/aromatic N) is 1. The van der Waals surface area contributed by atoms with E-state index in [4.69, 9.17) is 0 Å². The molecule has 2 aromatic rings. The van der Waals surface area contributed by atoms with Gasteiger partial charge in [-0.1, -0.05) is 34.1 Å². The quantitative estimate of drug-likeness (QED) is 0.854. The van der Waals surface area contributed by atoms with Crippen LogP contribution in [-0.4, -0.2) is 9.67 Å². The van der Waals surface area contributed by atoms with Crippen molar-refractivity contribution in [1.29, 1.82) is 0 Å². The molecule has 0 aliphatic carbocycles. The molecule has 0 aliphatic heterocycles. The molecule has 0 radical (unpaired) electrons. The third-order valence-electron chi connectivity index (χ3n) is 3.18. The third kappa shape index (κ3) is 2.53. The second-order valence-corrected chi connectivity index (χ2v) is 6.25. The first-order valence-electron chi connectivity index (χ1n) is 6.72. The van der Waals surface area contributed by atoms with Crippen LogP contribution in [0.4, 0.5) is 0 Å². The summed E-state index contributed by atoms with van der Waals surface area (Å²) in [5.41, 5.74) is 2.57. The number of hydrogen-bond donors (Lipinski definition) is 1. The van der Waals surface area contributed by atoms with Gasteiger partial charge in [0, 0.05) is 29.2 Å². The molecule has 1 heterocycles. The third-order valence-corrected chi connectivity index (χ3v) is 3.18. The first kappa shape index (κ1) is 13.0. The minimum Gasteiger partial charge on any atom is -0.508 e. The Morgan fingerprint density at radius 1 is 1.17 bits per heavy atom. The number of rotatable bonds is 3. The van der Waals surface area contributed by atoms with E-state index in [-0.39, 0.29) is 5.41 Å². The highest BCUT2D eigenvalue weighted by Crippen LogP contribution is 2.30. The molecule has 0 unspecified atom stereocenters. The minimum atomic E-state index is 0.259. The van der Waals surface area contributed by atoms with Gasteiger partial charge in [-0.15, -0.1) is 0 Å². The predicted molar refractivity (Wildman–Crippen MR) is 77.1 cm³/mol. The van der Waals surface area contributed by atoms with E-state index in [2.05, 4.69) is 44.5 Å². The zero-order valence-electron chi connectivity index (χ0n) is 11.8. The lowest BCUT2D eigenvalue weighted by Crippen LogP contribution is -2.14. The van der Waals surface area contributed by atoms with E-state index in [1.165, 1.54) is 10.9 Å². The molecular weight excluding hydrogens is 222 g/mol. The van der Waals surface area contributed by atoms with Gasteiger partial charge in [0.25, 0.3) is 0 Å². The molecule has 0 aliphatic rings. The van der Waals surface area contributed by atoms with Crippen molar-refractivity contribution >= 4 is 10.9 Å². The van der Waals surface area contributed by atoms with E-state index >= 15 is 0 Å². The summed E-state index contributed by atoms with van der Waals surface area (Å²) < 4.78 is 2.29. The van der Waals surface area contributed by atoms with E-state index in [9.17, 15) is 5.11 Å². The first-order chi connectivity index (χ1) is 8.42. The molecule has 0 spiro atoms. The van der Waals surface area contributed by atoms with Gasteiger partial charge in [-0.25, -0.2) is 0 Å². The molecule has 2 heteroatoms. The van der Waals surface area contributed by atoms with Crippen LogP contribution in [0.1, 0.15) is 39.7 Å². The maximum atomic E-state index is 9.97. The Labute approximate surface area is 109 Å². The number of hydrogen-bond acceptors (Lipinski definition) is 1. The normalized spacial score (nSPS) is 12.2. The number of phenolic OH excluding ortho intramolecular Hbond substituents is 1. The average Bonchev–Trinajstić information content (AvgIpc) is 2.64. The Morgan fingerprint density at radius 2 is 1.89 bits per heavy atom. The highest BCUT2D eigenvalue weighted by molar-refractivity contribution is 5.86. The van der Waals surface area contributed by atoms with Crippen molar-refractivity contribution in [3.05, 3.63) is 30.0 Å². The molecule has 1 N–H and O–H groups in total. The second kappa shape index (κ2) is 4.68. The van der Waals surface area contributed by atoms with Crippen molar-refractivity contribution in [3.63, 3.8) is 0 Å². The van der Waals surface area contributed by atoms with E-state index in [0.29, 0.717) is 5.75 Å². The minimum absolute atomic E-state index is 0.259. The van der Waals surface area contributed by atoms with E-state index in [1.54, 1.807) is 0 Å². The van der Waals surface area contributed by atoms with Gasteiger partial charge in [-0.3, -0.25) is 0 Å². The summed E-state index contributed by atoms with van der Waals surface area (Å²) in [6, 6.07) is 5.98. The lowest BCUT2D eigenvalue weighted by molar-refractivity contribution is 0.349. The fourth-order valence-corrected chi connectivity index (χ4v) is 2.48. The van der Waals surface area contributed by atoms with Crippen molar-refractivity contribution in [3.8, 4) is 5.75 Å². The molecular formula is C16H23NO. The van der Waals surface area contributed by atoms with Gasteiger partial charge in [0.1, 0.15) is 5.75 Å². The van der Waals surface area contributed by atoms with Crippen LogP contribution < -0.4 is 0 Å². The standard InChI is InChI=1S/C16H23NO/c1-5-6-13-12-9-10-17(11-16(2,3)4)14(12)7-8-15(13)18/h7-10,18H,5-6,11H2,1-4H3. The maximum Gasteiger partial charge on any atom is 0.119 e. The van der Waals surface area contributed by atoms with Crippen LogP contribution in [-0.2, 0) is 13.0 Å². The summed E-state index contributed by atoms with van der Waals surface area (Å²) in [6.45, 7) is 9.86. The van der Waals surface area contributed by atoms with Crippen LogP contribution in [0.25, 0.3) is 10.9 Å². The summed E-state index contributed by atoms with van der Waals surface area (Å²) in [5.74, 6) is 0.429. The molecule has 0 fully saturated rings. The SMILES string of the molecule is CCCc1c(O)ccc2c1ccn2CC(C)(C)C. The summed E-state index contributed by atoms with van der Waals surface area (Å²) in [6.07, 6.45) is 4.12. The zero-order valence-corrected chi connectivity index (χ0v) is 11.8. The van der Waals surface area contributed by atoms with Gasteiger partial charge in [0.15, 0.2) is 0 Å². The predicted octanol–water partition coefficient (Wildman–Crippen LogP) is 4.35. The Kier molecular flexibility index (Phi) is 3.38. The molecule has 98 valence electrons. The van der Waals surface area contributed by atoms with Crippen LogP contribution in [0.5, 0.6) is 5.75 Å². The molecule has 18 heavy (non-hydrogen) atoms.